The molecule has 0 aliphatic rings. The van der Waals surface area contributed by atoms with Crippen LogP contribution in [0.3, 0.4) is 0 Å². The van der Waals surface area contributed by atoms with E-state index in [0.717, 1.165) is 22.4 Å². The predicted molar refractivity (Wildman–Crippen MR) is 109 cm³/mol. The molecule has 146 valence electrons. The first-order chi connectivity index (χ1) is 12.8. The van der Waals surface area contributed by atoms with Crippen molar-refractivity contribution in [2.75, 3.05) is 11.9 Å². The third kappa shape index (κ3) is 5.23. The summed E-state index contributed by atoms with van der Waals surface area (Å²) >= 11 is 7.53. The number of hydrogen-bond acceptors (Lipinski definition) is 5. The van der Waals surface area contributed by atoms with Crippen LogP contribution >= 0.6 is 22.9 Å². The second-order valence-electron chi connectivity index (χ2n) is 6.15. The van der Waals surface area contributed by atoms with E-state index in [1.807, 2.05) is 20.8 Å². The van der Waals surface area contributed by atoms with E-state index >= 15 is 0 Å². The van der Waals surface area contributed by atoms with Gasteiger partial charge in [-0.3, -0.25) is 4.79 Å². The van der Waals surface area contributed by atoms with Crippen LogP contribution in [0.15, 0.2) is 18.2 Å². The monoisotopic (exact) mass is 409 g/mol. The summed E-state index contributed by atoms with van der Waals surface area (Å²) < 4.78 is 10.8. The number of amides is 1. The fourth-order valence-electron chi connectivity index (χ4n) is 2.52. The van der Waals surface area contributed by atoms with Gasteiger partial charge in [0, 0.05) is 9.90 Å². The van der Waals surface area contributed by atoms with Crippen molar-refractivity contribution in [1.29, 1.82) is 0 Å². The fourth-order valence-corrected chi connectivity index (χ4v) is 3.61. The van der Waals surface area contributed by atoms with E-state index in [4.69, 9.17) is 21.1 Å². The molecule has 1 aromatic carbocycles. The Kier molecular flexibility index (Phi) is 7.27. The second kappa shape index (κ2) is 9.24. The van der Waals surface area contributed by atoms with Crippen LogP contribution in [0.5, 0.6) is 5.75 Å². The van der Waals surface area contributed by atoms with Gasteiger partial charge in [0.05, 0.1) is 12.2 Å². The number of benzene rings is 1. The molecule has 1 atom stereocenters. The summed E-state index contributed by atoms with van der Waals surface area (Å²) in [6, 6.07) is 5.35. The smallest absolute Gasteiger partial charge is 0.341 e. The van der Waals surface area contributed by atoms with Crippen molar-refractivity contribution in [3.63, 3.8) is 0 Å². The minimum atomic E-state index is -0.743. The van der Waals surface area contributed by atoms with Gasteiger partial charge in [-0.1, -0.05) is 18.5 Å². The number of esters is 1. The van der Waals surface area contributed by atoms with Gasteiger partial charge in [-0.15, -0.1) is 11.3 Å². The SMILES string of the molecule is CCOC(=O)c1cc(CC)sc1NC(=O)C(C)Oc1cc(C)c(Cl)c(C)c1. The van der Waals surface area contributed by atoms with Gasteiger partial charge in [-0.25, -0.2) is 4.79 Å². The molecule has 0 saturated heterocycles. The van der Waals surface area contributed by atoms with Gasteiger partial charge in [0.25, 0.3) is 5.91 Å². The van der Waals surface area contributed by atoms with Gasteiger partial charge in [-0.05, 0) is 63.4 Å². The van der Waals surface area contributed by atoms with Crippen LogP contribution in [-0.4, -0.2) is 24.6 Å². The van der Waals surface area contributed by atoms with E-state index in [2.05, 4.69) is 5.32 Å². The summed E-state index contributed by atoms with van der Waals surface area (Å²) in [7, 11) is 0. The van der Waals surface area contributed by atoms with E-state index in [-0.39, 0.29) is 12.5 Å². The maximum Gasteiger partial charge on any atom is 0.341 e. The third-order valence-electron chi connectivity index (χ3n) is 3.96. The van der Waals surface area contributed by atoms with Crippen LogP contribution in [0.4, 0.5) is 5.00 Å². The molecule has 2 rings (SSSR count). The van der Waals surface area contributed by atoms with Crippen molar-refractivity contribution in [3.05, 3.63) is 44.8 Å². The normalized spacial score (nSPS) is 11.8. The quantitative estimate of drug-likeness (QED) is 0.641. The number of anilines is 1. The molecule has 1 unspecified atom stereocenters. The molecule has 0 spiro atoms. The van der Waals surface area contributed by atoms with Crippen LogP contribution in [0.2, 0.25) is 5.02 Å². The Morgan fingerprint density at radius 1 is 1.19 bits per heavy atom. The summed E-state index contributed by atoms with van der Waals surface area (Å²) in [5.41, 5.74) is 2.14. The molecule has 0 aliphatic heterocycles. The van der Waals surface area contributed by atoms with Crippen molar-refractivity contribution in [2.45, 2.75) is 47.1 Å². The van der Waals surface area contributed by atoms with Gasteiger partial charge in [0.2, 0.25) is 0 Å². The van der Waals surface area contributed by atoms with Crippen molar-refractivity contribution in [2.24, 2.45) is 0 Å². The highest BCUT2D eigenvalue weighted by molar-refractivity contribution is 7.16. The molecule has 5 nitrogen and oxygen atoms in total. The lowest BCUT2D eigenvalue weighted by molar-refractivity contribution is -0.122. The fraction of sp³-hybridized carbons (Fsp3) is 0.400. The van der Waals surface area contributed by atoms with Gasteiger partial charge >= 0.3 is 5.97 Å². The van der Waals surface area contributed by atoms with E-state index in [0.29, 0.717) is 21.3 Å². The topological polar surface area (TPSA) is 64.6 Å². The van der Waals surface area contributed by atoms with Crippen molar-refractivity contribution in [3.8, 4) is 5.75 Å². The van der Waals surface area contributed by atoms with E-state index in [1.54, 1.807) is 32.0 Å². The zero-order chi connectivity index (χ0) is 20.1. The molecule has 0 aliphatic carbocycles. The Morgan fingerprint density at radius 3 is 2.37 bits per heavy atom. The van der Waals surface area contributed by atoms with Gasteiger partial charge in [-0.2, -0.15) is 0 Å². The second-order valence-corrected chi connectivity index (χ2v) is 7.66. The molecular formula is C20H24ClNO4S. The minimum absolute atomic E-state index is 0.276. The highest BCUT2D eigenvalue weighted by Crippen LogP contribution is 2.30. The highest BCUT2D eigenvalue weighted by Gasteiger charge is 2.22. The molecule has 2 aromatic rings. The highest BCUT2D eigenvalue weighted by atomic mass is 35.5. The van der Waals surface area contributed by atoms with Gasteiger partial charge in [0.1, 0.15) is 10.8 Å². The summed E-state index contributed by atoms with van der Waals surface area (Å²) in [6.45, 7) is 9.44. The lowest BCUT2D eigenvalue weighted by Crippen LogP contribution is -2.30. The van der Waals surface area contributed by atoms with Crippen LogP contribution in [-0.2, 0) is 16.0 Å². The lowest BCUT2D eigenvalue weighted by Gasteiger charge is -2.16. The molecule has 0 saturated carbocycles. The Balaban J connectivity index is 2.14. The molecule has 1 amide bonds. The van der Waals surface area contributed by atoms with Crippen molar-refractivity contribution < 1.29 is 19.1 Å². The Labute approximate surface area is 168 Å². The lowest BCUT2D eigenvalue weighted by atomic mass is 10.1. The minimum Gasteiger partial charge on any atom is -0.481 e. The predicted octanol–water partition coefficient (Wildman–Crippen LogP) is 5.16. The Hall–Kier alpha value is -2.05. The van der Waals surface area contributed by atoms with Crippen LogP contribution in [0.25, 0.3) is 0 Å². The summed E-state index contributed by atoms with van der Waals surface area (Å²) in [5, 5.41) is 3.96. The molecule has 27 heavy (non-hydrogen) atoms. The van der Waals surface area contributed by atoms with Crippen LogP contribution in [0, 0.1) is 13.8 Å². The molecule has 0 fully saturated rings. The average molecular weight is 410 g/mol. The number of nitrogens with one attached hydrogen (secondary N) is 1. The van der Waals surface area contributed by atoms with Gasteiger partial charge in [0.15, 0.2) is 6.10 Å². The summed E-state index contributed by atoms with van der Waals surface area (Å²) in [5.74, 6) is -0.209. The zero-order valence-electron chi connectivity index (χ0n) is 16.1. The molecule has 7 heteroatoms. The number of rotatable bonds is 7. The molecule has 1 N–H and O–H groups in total. The molecule has 0 radical (unpaired) electrons. The van der Waals surface area contributed by atoms with Crippen molar-refractivity contribution in [1.82, 2.24) is 0 Å². The maximum atomic E-state index is 12.6. The third-order valence-corrected chi connectivity index (χ3v) is 5.75. The first-order valence-corrected chi connectivity index (χ1v) is 10.00. The number of carbonyl (C=O) groups is 2. The Morgan fingerprint density at radius 2 is 1.81 bits per heavy atom. The van der Waals surface area contributed by atoms with E-state index in [9.17, 15) is 9.59 Å². The van der Waals surface area contributed by atoms with E-state index in [1.165, 1.54) is 11.3 Å². The van der Waals surface area contributed by atoms with Gasteiger partial charge < -0.3 is 14.8 Å². The van der Waals surface area contributed by atoms with Crippen molar-refractivity contribution >= 4 is 39.8 Å². The number of ether oxygens (including phenoxy) is 2. The first kappa shape index (κ1) is 21.3. The maximum absolute atomic E-state index is 12.6. The number of carbonyl (C=O) groups excluding carboxylic acids is 2. The standard InChI is InChI=1S/C20H24ClNO4S/c1-6-15-10-16(20(24)25-7-2)19(27-15)22-18(23)13(5)26-14-8-11(3)17(21)12(4)9-14/h8-10,13H,6-7H2,1-5H3,(H,22,23). The van der Waals surface area contributed by atoms with Crippen LogP contribution < -0.4 is 10.1 Å². The number of aryl methyl sites for hydroxylation is 3. The molecule has 0 bridgehead atoms. The molecule has 1 aromatic heterocycles. The average Bonchev–Trinajstić information content (AvgIpc) is 3.02. The number of hydrogen-bond donors (Lipinski definition) is 1. The van der Waals surface area contributed by atoms with Crippen LogP contribution in [0.1, 0.15) is 47.1 Å². The van der Waals surface area contributed by atoms with E-state index < -0.39 is 12.1 Å². The number of thiophene rings is 1. The first-order valence-electron chi connectivity index (χ1n) is 8.80. The summed E-state index contributed by atoms with van der Waals surface area (Å²) in [6.07, 6.45) is 0.0229. The number of halogens is 1. The zero-order valence-corrected chi connectivity index (χ0v) is 17.7. The molecular weight excluding hydrogens is 386 g/mol. The Bertz CT molecular complexity index is 823. The molecule has 1 heterocycles. The summed E-state index contributed by atoms with van der Waals surface area (Å²) in [4.78, 5) is 25.7. The largest absolute Gasteiger partial charge is 0.481 e.